The maximum absolute atomic E-state index is 13.8. The van der Waals surface area contributed by atoms with Crippen molar-refractivity contribution in [2.24, 2.45) is 0 Å². The Morgan fingerprint density at radius 2 is 1.62 bits per heavy atom. The van der Waals surface area contributed by atoms with Crippen molar-refractivity contribution in [1.29, 1.82) is 0 Å². The average molecular weight is 746 g/mol. The monoisotopic (exact) mass is 745 g/mol. The number of urea groups is 1. The summed E-state index contributed by atoms with van der Waals surface area (Å²) in [7, 11) is 3.81. The Morgan fingerprint density at radius 3 is 2.30 bits per heavy atom. The number of halogens is 6. The molecule has 0 spiro atoms. The maximum Gasteiger partial charge on any atom is 0.426 e. The van der Waals surface area contributed by atoms with E-state index in [0.717, 1.165) is 11.3 Å². The molecule has 3 aromatic carbocycles. The molecule has 1 fully saturated rings. The minimum absolute atomic E-state index is 0.0778. The molecule has 3 amide bonds. The summed E-state index contributed by atoms with van der Waals surface area (Å²) < 4.78 is 84.7. The van der Waals surface area contributed by atoms with Crippen molar-refractivity contribution in [3.63, 3.8) is 0 Å². The predicted molar refractivity (Wildman–Crippen MR) is 186 cm³/mol. The Morgan fingerprint density at radius 1 is 0.962 bits per heavy atom. The van der Waals surface area contributed by atoms with Crippen LogP contribution in [0.4, 0.5) is 41.6 Å². The molecular formula is C37H41F6N7O3. The van der Waals surface area contributed by atoms with Gasteiger partial charge in [0, 0.05) is 44.3 Å². The highest BCUT2D eigenvalue weighted by atomic mass is 19.4. The number of hydrogen-bond donors (Lipinski definition) is 2. The topological polar surface area (TPSA) is 95.0 Å². The zero-order valence-electron chi connectivity index (χ0n) is 29.3. The molecule has 2 aliphatic rings. The van der Waals surface area contributed by atoms with Crippen molar-refractivity contribution < 1.29 is 40.8 Å². The molecule has 16 heteroatoms. The number of carbonyl (C=O) groups excluding carboxylic acids is 2. The highest BCUT2D eigenvalue weighted by Crippen LogP contribution is 2.37. The number of aryl methyl sites for hydroxylation is 1. The van der Waals surface area contributed by atoms with Gasteiger partial charge in [0.15, 0.2) is 0 Å². The van der Waals surface area contributed by atoms with E-state index in [1.165, 1.54) is 5.06 Å². The lowest BCUT2D eigenvalue weighted by Gasteiger charge is -2.37. The summed E-state index contributed by atoms with van der Waals surface area (Å²) in [5.74, 6) is 0.264. The van der Waals surface area contributed by atoms with E-state index >= 15 is 0 Å². The molecule has 1 saturated heterocycles. The Hall–Kier alpha value is -4.83. The normalized spacial score (nSPS) is 16.7. The number of nitrogens with zero attached hydrogens (tertiary/aromatic N) is 5. The molecule has 3 heterocycles. The Balaban J connectivity index is 1.22. The van der Waals surface area contributed by atoms with E-state index in [9.17, 15) is 35.9 Å². The zero-order valence-corrected chi connectivity index (χ0v) is 29.3. The number of benzene rings is 3. The van der Waals surface area contributed by atoms with E-state index in [1.807, 2.05) is 53.9 Å². The molecule has 0 radical (unpaired) electrons. The van der Waals surface area contributed by atoms with Gasteiger partial charge in [0.2, 0.25) is 0 Å². The van der Waals surface area contributed by atoms with Gasteiger partial charge in [0.05, 0.1) is 28.2 Å². The number of aromatic nitrogens is 2. The number of anilines is 1. The second-order valence-electron chi connectivity index (χ2n) is 13.7. The lowest BCUT2D eigenvalue weighted by atomic mass is 9.99. The maximum atomic E-state index is 13.8. The summed E-state index contributed by atoms with van der Waals surface area (Å²) in [5, 5.41) is 7.13. The fourth-order valence-electron chi connectivity index (χ4n) is 6.99. The Kier molecular flexibility index (Phi) is 11.2. The van der Waals surface area contributed by atoms with E-state index in [2.05, 4.69) is 10.6 Å². The van der Waals surface area contributed by atoms with Crippen molar-refractivity contribution in [2.45, 2.75) is 63.1 Å². The van der Waals surface area contributed by atoms with Crippen LogP contribution in [0.15, 0.2) is 66.7 Å². The summed E-state index contributed by atoms with van der Waals surface area (Å²) in [6, 6.07) is 14.7. The molecule has 4 aromatic rings. The first-order chi connectivity index (χ1) is 25.2. The van der Waals surface area contributed by atoms with Gasteiger partial charge in [-0.05, 0) is 93.8 Å². The van der Waals surface area contributed by atoms with Crippen LogP contribution in [0.3, 0.4) is 0 Å². The average Bonchev–Trinajstić information content (AvgIpc) is 3.37. The summed E-state index contributed by atoms with van der Waals surface area (Å²) in [4.78, 5) is 40.7. The molecule has 284 valence electrons. The lowest BCUT2D eigenvalue weighted by molar-refractivity contribution is -0.143. The molecule has 2 aliphatic heterocycles. The summed E-state index contributed by atoms with van der Waals surface area (Å²) in [6.07, 6.45) is -9.11. The van der Waals surface area contributed by atoms with Gasteiger partial charge in [0.25, 0.3) is 0 Å². The van der Waals surface area contributed by atoms with Crippen molar-refractivity contribution in [1.82, 2.24) is 29.7 Å². The van der Waals surface area contributed by atoms with E-state index in [0.29, 0.717) is 81.6 Å². The van der Waals surface area contributed by atoms with Crippen LogP contribution >= 0.6 is 0 Å². The van der Waals surface area contributed by atoms with Crippen LogP contribution in [0.5, 0.6) is 0 Å². The van der Waals surface area contributed by atoms with Gasteiger partial charge >= 0.3 is 24.5 Å². The van der Waals surface area contributed by atoms with Gasteiger partial charge in [-0.25, -0.2) is 14.6 Å². The number of rotatable bonds is 10. The molecule has 6 rings (SSSR count). The molecule has 2 N–H and O–H groups in total. The fourth-order valence-corrected chi connectivity index (χ4v) is 6.99. The van der Waals surface area contributed by atoms with Gasteiger partial charge in [-0.3, -0.25) is 0 Å². The molecule has 10 nitrogen and oxygen atoms in total. The number of para-hydroxylation sites is 3. The number of carbonyl (C=O) groups is 2. The number of alkyl halides is 6. The molecule has 53 heavy (non-hydrogen) atoms. The van der Waals surface area contributed by atoms with Crippen molar-refractivity contribution >= 4 is 28.8 Å². The highest BCUT2D eigenvalue weighted by Gasteiger charge is 2.38. The molecule has 1 unspecified atom stereocenters. The summed E-state index contributed by atoms with van der Waals surface area (Å²) in [5.41, 5.74) is -0.122. The molecule has 0 aliphatic carbocycles. The smallest absolute Gasteiger partial charge is 0.351 e. The van der Waals surface area contributed by atoms with Gasteiger partial charge in [-0.1, -0.05) is 30.3 Å². The molecular weight excluding hydrogens is 704 g/mol. The second kappa shape index (κ2) is 15.6. The minimum Gasteiger partial charge on any atom is -0.351 e. The zero-order chi connectivity index (χ0) is 37.9. The third kappa shape index (κ3) is 9.22. The Bertz CT molecular complexity index is 1890. The van der Waals surface area contributed by atoms with Gasteiger partial charge in [0.1, 0.15) is 5.82 Å². The first kappa shape index (κ1) is 37.9. The number of imidazole rings is 1. The number of nitrogens with one attached hydrogen (secondary N) is 2. The third-order valence-corrected chi connectivity index (χ3v) is 9.58. The van der Waals surface area contributed by atoms with Crippen molar-refractivity contribution in [2.75, 3.05) is 45.6 Å². The number of amides is 3. The van der Waals surface area contributed by atoms with Crippen molar-refractivity contribution in [3.05, 3.63) is 94.8 Å². The van der Waals surface area contributed by atoms with Crippen molar-refractivity contribution in [3.8, 4) is 0 Å². The van der Waals surface area contributed by atoms with E-state index < -0.39 is 42.0 Å². The van der Waals surface area contributed by atoms with Crippen LogP contribution in [0, 0.1) is 0 Å². The second-order valence-corrected chi connectivity index (χ2v) is 13.7. The van der Waals surface area contributed by atoms with Crippen LogP contribution < -0.4 is 10.6 Å². The predicted octanol–water partition coefficient (Wildman–Crippen LogP) is 7.51. The van der Waals surface area contributed by atoms with Crippen LogP contribution in [-0.2, 0) is 36.6 Å². The number of piperidine rings is 1. The van der Waals surface area contributed by atoms with Gasteiger partial charge in [-0.15, -0.1) is 5.06 Å². The fraction of sp³-hybridized carbons (Fsp3) is 0.432. The van der Waals surface area contributed by atoms with E-state index in [4.69, 9.17) is 9.82 Å². The first-order valence-corrected chi connectivity index (χ1v) is 17.4. The van der Waals surface area contributed by atoms with Gasteiger partial charge < -0.3 is 29.8 Å². The summed E-state index contributed by atoms with van der Waals surface area (Å²) >= 11 is 0. The van der Waals surface area contributed by atoms with Gasteiger partial charge in [-0.2, -0.15) is 26.3 Å². The quantitative estimate of drug-likeness (QED) is 0.163. The molecule has 1 atom stereocenters. The first-order valence-electron chi connectivity index (χ1n) is 17.4. The number of fused-ring (bicyclic) bond motifs is 2. The van der Waals surface area contributed by atoms with Crippen LogP contribution in [0.2, 0.25) is 0 Å². The largest absolute Gasteiger partial charge is 0.426 e. The van der Waals surface area contributed by atoms with E-state index in [1.54, 1.807) is 23.1 Å². The van der Waals surface area contributed by atoms with E-state index in [-0.39, 0.29) is 29.5 Å². The lowest BCUT2D eigenvalue weighted by Crippen LogP contribution is -2.49. The van der Waals surface area contributed by atoms with Crippen LogP contribution in [0.25, 0.3) is 11.0 Å². The number of hydrogen-bond acceptors (Lipinski definition) is 6. The highest BCUT2D eigenvalue weighted by molar-refractivity contribution is 5.91. The minimum atomic E-state index is -5.04. The molecule has 1 aromatic heterocycles. The molecule has 0 bridgehead atoms. The van der Waals surface area contributed by atoms with Crippen LogP contribution in [-0.4, -0.2) is 82.9 Å². The van der Waals surface area contributed by atoms with Crippen LogP contribution in [0.1, 0.15) is 53.4 Å². The SMILES string of the molecule is CN(C)CCCn1c(C(Cc2cc(C(F)(F)F)cc(C(F)(F)F)c2)NC(=O)ON2CCC(N3CCc4ccccc4NC3=O)CC2)nc2ccccc21. The standard InChI is InChI=1S/C37H41F6N7O3/c1-47(2)15-7-16-50-32-11-6-5-10-30(32)44-33(50)31(22-24-20-26(36(38,39)40)23-27(21-24)37(41,42)43)46-35(52)53-48-17-13-28(14-18-48)49-19-12-25-8-3-4-9-29(25)45-34(49)51/h3-6,8-11,20-21,23,28,31H,7,12-19,22H2,1-2H3,(H,45,51)(H,46,52). The third-order valence-electron chi connectivity index (χ3n) is 9.58. The molecule has 0 saturated carbocycles. The summed E-state index contributed by atoms with van der Waals surface area (Å²) in [6.45, 7) is 2.23. The Labute approximate surface area is 302 Å². The number of hydroxylamine groups is 2.